The number of nitrogens with zero attached hydrogens (tertiary/aromatic N) is 4. The standard InChI is InChI=1S/C29H33N5O4/c1-5-21-15-34(16-24-26(38-21)10-11-27(35)30-24)14-20-12-19(7-6-17(20)2)23(13-28(36)37)22-8-9-25-29(18(22)3)31-32-33(25)4/h6-12,21,23H,5,13-16H2,1-4H3,(H,30,35)(H,36,37)/t21-,23?/m0/s1. The van der Waals surface area contributed by atoms with Gasteiger partial charge >= 0.3 is 5.97 Å². The smallest absolute Gasteiger partial charge is 0.304 e. The number of ether oxygens (including phenoxy) is 1. The Hall–Kier alpha value is -3.98. The van der Waals surface area contributed by atoms with E-state index in [4.69, 9.17) is 4.74 Å². The van der Waals surface area contributed by atoms with Crippen LogP contribution >= 0.6 is 0 Å². The molecule has 1 aliphatic rings. The molecular weight excluding hydrogens is 482 g/mol. The zero-order valence-corrected chi connectivity index (χ0v) is 22.2. The van der Waals surface area contributed by atoms with Crippen LogP contribution < -0.4 is 10.3 Å². The van der Waals surface area contributed by atoms with Gasteiger partial charge in [-0.25, -0.2) is 4.68 Å². The molecule has 3 heterocycles. The van der Waals surface area contributed by atoms with Gasteiger partial charge in [0, 0.05) is 38.7 Å². The summed E-state index contributed by atoms with van der Waals surface area (Å²) in [6.07, 6.45) is 0.824. The van der Waals surface area contributed by atoms with E-state index in [1.165, 1.54) is 6.07 Å². The fourth-order valence-electron chi connectivity index (χ4n) is 5.39. The van der Waals surface area contributed by atoms with Crippen molar-refractivity contribution in [2.24, 2.45) is 7.05 Å². The van der Waals surface area contributed by atoms with Crippen molar-refractivity contribution in [2.75, 3.05) is 6.54 Å². The van der Waals surface area contributed by atoms with Crippen molar-refractivity contribution in [2.45, 2.75) is 58.7 Å². The molecule has 2 aromatic heterocycles. The van der Waals surface area contributed by atoms with Gasteiger partial charge < -0.3 is 14.8 Å². The number of benzene rings is 2. The number of fused-ring (bicyclic) bond motifs is 2. The Morgan fingerprint density at radius 2 is 2.03 bits per heavy atom. The third-order valence-corrected chi connectivity index (χ3v) is 7.55. The van der Waals surface area contributed by atoms with Gasteiger partial charge in [-0.3, -0.25) is 14.5 Å². The molecule has 5 rings (SSSR count). The van der Waals surface area contributed by atoms with Crippen molar-refractivity contribution in [3.05, 3.63) is 86.3 Å². The third-order valence-electron chi connectivity index (χ3n) is 7.55. The molecular formula is C29H33N5O4. The molecule has 0 amide bonds. The van der Waals surface area contributed by atoms with E-state index in [-0.39, 0.29) is 24.0 Å². The molecule has 0 spiro atoms. The largest absolute Gasteiger partial charge is 0.487 e. The lowest BCUT2D eigenvalue weighted by molar-refractivity contribution is -0.137. The van der Waals surface area contributed by atoms with Crippen LogP contribution in [0.25, 0.3) is 11.0 Å². The quantitative estimate of drug-likeness (QED) is 0.382. The van der Waals surface area contributed by atoms with Gasteiger partial charge in [-0.15, -0.1) is 5.10 Å². The number of nitrogens with one attached hydrogen (secondary N) is 1. The lowest BCUT2D eigenvalue weighted by Gasteiger charge is -2.25. The minimum Gasteiger partial charge on any atom is -0.487 e. The summed E-state index contributed by atoms with van der Waals surface area (Å²) in [6, 6.07) is 13.4. The number of aliphatic carboxylic acids is 1. The summed E-state index contributed by atoms with van der Waals surface area (Å²) in [5, 5.41) is 18.3. The molecule has 0 saturated carbocycles. The Morgan fingerprint density at radius 3 is 2.79 bits per heavy atom. The summed E-state index contributed by atoms with van der Waals surface area (Å²) >= 11 is 0. The van der Waals surface area contributed by atoms with E-state index in [9.17, 15) is 14.7 Å². The number of pyridine rings is 1. The summed E-state index contributed by atoms with van der Waals surface area (Å²) in [5.74, 6) is -0.459. The van der Waals surface area contributed by atoms with E-state index >= 15 is 0 Å². The lowest BCUT2D eigenvalue weighted by atomic mass is 9.84. The number of carbonyl (C=O) groups is 1. The molecule has 198 valence electrons. The van der Waals surface area contributed by atoms with Crippen LogP contribution in [-0.4, -0.2) is 48.6 Å². The van der Waals surface area contributed by atoms with Crippen LogP contribution in [0.15, 0.2) is 47.3 Å². The van der Waals surface area contributed by atoms with E-state index in [1.807, 2.05) is 32.2 Å². The van der Waals surface area contributed by atoms with Crippen LogP contribution in [0.5, 0.6) is 5.75 Å². The topological polar surface area (TPSA) is 113 Å². The number of aromatic amines is 1. The maximum atomic E-state index is 12.0. The van der Waals surface area contributed by atoms with Crippen molar-refractivity contribution >= 4 is 17.0 Å². The van der Waals surface area contributed by atoms with Crippen molar-refractivity contribution < 1.29 is 14.6 Å². The number of aromatic nitrogens is 4. The zero-order chi connectivity index (χ0) is 27.0. The maximum absolute atomic E-state index is 12.0. The van der Waals surface area contributed by atoms with Gasteiger partial charge in [0.05, 0.1) is 17.6 Å². The molecule has 0 saturated heterocycles. The first-order chi connectivity index (χ1) is 18.2. The highest BCUT2D eigenvalue weighted by Crippen LogP contribution is 2.34. The number of rotatable bonds is 7. The average molecular weight is 516 g/mol. The lowest BCUT2D eigenvalue weighted by Crippen LogP contribution is -2.32. The van der Waals surface area contributed by atoms with Crippen molar-refractivity contribution in [3.8, 4) is 5.75 Å². The highest BCUT2D eigenvalue weighted by atomic mass is 16.5. The number of carboxylic acid groups (broad SMARTS) is 1. The molecule has 0 aliphatic carbocycles. The van der Waals surface area contributed by atoms with E-state index in [0.29, 0.717) is 13.1 Å². The average Bonchev–Trinajstić information content (AvgIpc) is 3.17. The van der Waals surface area contributed by atoms with Crippen LogP contribution in [-0.2, 0) is 24.9 Å². The van der Waals surface area contributed by atoms with Crippen LogP contribution in [0.3, 0.4) is 0 Å². The van der Waals surface area contributed by atoms with Gasteiger partial charge in [-0.1, -0.05) is 36.4 Å². The molecule has 0 fully saturated rings. The second-order valence-electron chi connectivity index (χ2n) is 10.2. The van der Waals surface area contributed by atoms with Crippen molar-refractivity contribution in [1.82, 2.24) is 24.9 Å². The van der Waals surface area contributed by atoms with Crippen LogP contribution in [0.1, 0.15) is 59.2 Å². The molecule has 9 nitrogen and oxygen atoms in total. The van der Waals surface area contributed by atoms with E-state index < -0.39 is 5.97 Å². The maximum Gasteiger partial charge on any atom is 0.304 e. The fraction of sp³-hybridized carbons (Fsp3) is 0.379. The molecule has 2 atom stereocenters. The van der Waals surface area contributed by atoms with Gasteiger partial charge in [0.1, 0.15) is 17.4 Å². The predicted octanol–water partition coefficient (Wildman–Crippen LogP) is 4.05. The van der Waals surface area contributed by atoms with Gasteiger partial charge in [0.15, 0.2) is 0 Å². The second-order valence-corrected chi connectivity index (χ2v) is 10.2. The molecule has 9 heteroatoms. The highest BCUT2D eigenvalue weighted by Gasteiger charge is 2.25. The summed E-state index contributed by atoms with van der Waals surface area (Å²) in [6.45, 7) is 8.08. The van der Waals surface area contributed by atoms with E-state index in [1.54, 1.807) is 10.7 Å². The normalized spacial score (nSPS) is 16.6. The molecule has 2 N–H and O–H groups in total. The molecule has 1 unspecified atom stereocenters. The Morgan fingerprint density at radius 1 is 1.21 bits per heavy atom. The molecule has 1 aliphatic heterocycles. The summed E-state index contributed by atoms with van der Waals surface area (Å²) in [4.78, 5) is 29.2. The monoisotopic (exact) mass is 515 g/mol. The van der Waals surface area contributed by atoms with Gasteiger partial charge in [0.25, 0.3) is 0 Å². The fourth-order valence-corrected chi connectivity index (χ4v) is 5.39. The Labute approximate surface area is 221 Å². The number of hydrogen-bond acceptors (Lipinski definition) is 6. The SMILES string of the molecule is CC[C@H]1CN(Cc2cc(C(CC(=O)O)c3ccc4c(nnn4C)c3C)ccc2C)Cc2[nH]c(=O)ccc2O1. The third kappa shape index (κ3) is 5.06. The number of aryl methyl sites for hydroxylation is 3. The number of hydrogen-bond donors (Lipinski definition) is 2. The van der Waals surface area contributed by atoms with Crippen molar-refractivity contribution in [1.29, 1.82) is 0 Å². The Bertz CT molecular complexity index is 1560. The molecule has 38 heavy (non-hydrogen) atoms. The van der Waals surface area contributed by atoms with E-state index in [0.717, 1.165) is 63.3 Å². The Balaban J connectivity index is 1.50. The first kappa shape index (κ1) is 25.7. The minimum absolute atomic E-state index is 0.00626. The van der Waals surface area contributed by atoms with E-state index in [2.05, 4.69) is 46.2 Å². The van der Waals surface area contributed by atoms with Gasteiger partial charge in [0.2, 0.25) is 5.56 Å². The minimum atomic E-state index is -0.855. The zero-order valence-electron chi connectivity index (χ0n) is 22.2. The number of H-pyrrole nitrogens is 1. The summed E-state index contributed by atoms with van der Waals surface area (Å²) in [7, 11) is 1.85. The summed E-state index contributed by atoms with van der Waals surface area (Å²) in [5.41, 5.74) is 7.41. The Kier molecular flexibility index (Phi) is 7.03. The van der Waals surface area contributed by atoms with Gasteiger partial charge in [-0.05, 0) is 60.2 Å². The van der Waals surface area contributed by atoms with Crippen molar-refractivity contribution in [3.63, 3.8) is 0 Å². The number of carboxylic acids is 1. The van der Waals surface area contributed by atoms with Crippen LogP contribution in [0.4, 0.5) is 0 Å². The molecule has 0 radical (unpaired) electrons. The molecule has 0 bridgehead atoms. The molecule has 2 aromatic carbocycles. The predicted molar refractivity (Wildman–Crippen MR) is 144 cm³/mol. The highest BCUT2D eigenvalue weighted by molar-refractivity contribution is 5.80. The van der Waals surface area contributed by atoms with Crippen LogP contribution in [0, 0.1) is 13.8 Å². The first-order valence-electron chi connectivity index (χ1n) is 12.9. The first-order valence-corrected chi connectivity index (χ1v) is 12.9. The molecule has 4 aromatic rings. The van der Waals surface area contributed by atoms with Crippen LogP contribution in [0.2, 0.25) is 0 Å². The second kappa shape index (κ2) is 10.4. The van der Waals surface area contributed by atoms with Gasteiger partial charge in [-0.2, -0.15) is 0 Å². The summed E-state index contributed by atoms with van der Waals surface area (Å²) < 4.78 is 7.91.